The molecule has 2 amide bonds. The van der Waals surface area contributed by atoms with Crippen LogP contribution in [0.5, 0.6) is 0 Å². The molecule has 6 aromatic rings. The van der Waals surface area contributed by atoms with E-state index < -0.39 is 9.49 Å². The lowest BCUT2D eigenvalue weighted by molar-refractivity contribution is -0.118. The predicted octanol–water partition coefficient (Wildman–Crippen LogP) is 10.2. The first-order chi connectivity index (χ1) is 28.1. The predicted molar refractivity (Wildman–Crippen MR) is 228 cm³/mol. The monoisotopic (exact) mass is 818 g/mol. The molecule has 2 saturated carbocycles. The standard InChI is InChI=1S/C44H50N8O4S2/c1-6-51-37(35-11-10-26-55-35)47-49-41(51)58-44(24-25-44)40(54)46-33-18-14-31(15-19-33)29(5)27-34-20-21-36(56-34)38-48-50-42(52(38)7-2)57-43(22-8-9-23-43)39(53)45-32-16-12-30(13-17-32)28(3)4/h10-21,26,28-29H,6-9,22-25,27H2,1-5H3,(H,45,53)(H,46,54)/t29-/m0/s1. The molecule has 0 saturated heterocycles. The summed E-state index contributed by atoms with van der Waals surface area (Å²) in [6.07, 6.45) is 7.42. The smallest absolute Gasteiger partial charge is 0.241 e. The number of nitrogens with zero attached hydrogens (tertiary/aromatic N) is 6. The van der Waals surface area contributed by atoms with E-state index in [2.05, 4.69) is 83.0 Å². The Morgan fingerprint density at radius 1 is 0.690 bits per heavy atom. The molecule has 0 aliphatic heterocycles. The molecule has 0 bridgehead atoms. The van der Waals surface area contributed by atoms with E-state index in [-0.39, 0.29) is 17.7 Å². The van der Waals surface area contributed by atoms with E-state index in [1.54, 1.807) is 6.26 Å². The number of hydrogen-bond donors (Lipinski definition) is 2. The first-order valence-electron chi connectivity index (χ1n) is 20.3. The maximum atomic E-state index is 13.8. The van der Waals surface area contributed by atoms with Crippen LogP contribution < -0.4 is 10.6 Å². The molecule has 0 radical (unpaired) electrons. The Kier molecular flexibility index (Phi) is 11.4. The van der Waals surface area contributed by atoms with Crippen LogP contribution in [0.25, 0.3) is 23.2 Å². The summed E-state index contributed by atoms with van der Waals surface area (Å²) in [6.45, 7) is 11.9. The molecule has 0 unspecified atom stereocenters. The number of amides is 2. The van der Waals surface area contributed by atoms with E-state index in [0.29, 0.717) is 53.8 Å². The van der Waals surface area contributed by atoms with E-state index in [0.717, 1.165) is 66.4 Å². The quantitative estimate of drug-likeness (QED) is 0.0968. The number of anilines is 2. The number of thioether (sulfide) groups is 2. The number of carbonyl (C=O) groups is 2. The number of carbonyl (C=O) groups excluding carboxylic acids is 2. The second-order valence-electron chi connectivity index (χ2n) is 15.7. The fraction of sp³-hybridized carbons (Fsp3) is 0.409. The highest BCUT2D eigenvalue weighted by molar-refractivity contribution is 8.01. The second kappa shape index (κ2) is 16.6. The molecule has 58 heavy (non-hydrogen) atoms. The van der Waals surface area contributed by atoms with E-state index >= 15 is 0 Å². The summed E-state index contributed by atoms with van der Waals surface area (Å²) < 4.78 is 14.8. The Balaban J connectivity index is 0.888. The van der Waals surface area contributed by atoms with Crippen molar-refractivity contribution >= 4 is 46.7 Å². The third-order valence-corrected chi connectivity index (χ3v) is 14.2. The van der Waals surface area contributed by atoms with Gasteiger partial charge in [0.25, 0.3) is 0 Å². The van der Waals surface area contributed by atoms with Gasteiger partial charge < -0.3 is 19.5 Å². The summed E-state index contributed by atoms with van der Waals surface area (Å²) in [6, 6.07) is 23.8. The largest absolute Gasteiger partial charge is 0.461 e. The van der Waals surface area contributed by atoms with Crippen LogP contribution in [0.2, 0.25) is 0 Å². The molecule has 4 heterocycles. The van der Waals surface area contributed by atoms with Crippen LogP contribution in [0.3, 0.4) is 0 Å². The molecular formula is C44H50N8O4S2. The minimum Gasteiger partial charge on any atom is -0.461 e. The van der Waals surface area contributed by atoms with Gasteiger partial charge in [0.2, 0.25) is 11.8 Å². The summed E-state index contributed by atoms with van der Waals surface area (Å²) in [4.78, 5) is 27.4. The van der Waals surface area contributed by atoms with E-state index in [9.17, 15) is 9.59 Å². The van der Waals surface area contributed by atoms with Gasteiger partial charge in [0, 0.05) is 30.9 Å². The summed E-state index contributed by atoms with van der Waals surface area (Å²) >= 11 is 3.00. The van der Waals surface area contributed by atoms with Gasteiger partial charge >= 0.3 is 0 Å². The SMILES string of the molecule is CCn1c(SC2(C(=O)Nc3ccc([C@@H](C)Cc4ccc(-c5nnc(SC6(C(=O)Nc7ccc(C(C)C)cc7)CCCC6)n5CC)o4)cc3)CC2)nnc1-c1ccco1. The molecule has 1 atom stereocenters. The van der Waals surface area contributed by atoms with Crippen LogP contribution in [-0.4, -0.2) is 50.8 Å². The molecule has 8 rings (SSSR count). The van der Waals surface area contributed by atoms with Gasteiger partial charge in [-0.2, -0.15) is 0 Å². The Morgan fingerprint density at radius 3 is 1.72 bits per heavy atom. The highest BCUT2D eigenvalue weighted by atomic mass is 32.2. The van der Waals surface area contributed by atoms with Crippen molar-refractivity contribution in [2.75, 3.05) is 10.6 Å². The minimum absolute atomic E-state index is 0.0179. The van der Waals surface area contributed by atoms with Gasteiger partial charge in [-0.15, -0.1) is 20.4 Å². The van der Waals surface area contributed by atoms with Crippen molar-refractivity contribution in [3.05, 3.63) is 95.9 Å². The van der Waals surface area contributed by atoms with Gasteiger partial charge in [-0.3, -0.25) is 18.7 Å². The van der Waals surface area contributed by atoms with Crippen molar-refractivity contribution in [3.8, 4) is 23.2 Å². The van der Waals surface area contributed by atoms with Crippen molar-refractivity contribution in [2.24, 2.45) is 0 Å². The maximum absolute atomic E-state index is 13.8. The second-order valence-corrected chi connectivity index (χ2v) is 18.4. The first kappa shape index (κ1) is 39.7. The minimum atomic E-state index is -0.614. The number of hydrogen-bond acceptors (Lipinski definition) is 10. The highest BCUT2D eigenvalue weighted by Gasteiger charge is 2.52. The summed E-state index contributed by atoms with van der Waals surface area (Å²) in [5.74, 6) is 4.05. The van der Waals surface area contributed by atoms with Gasteiger partial charge in [-0.25, -0.2) is 0 Å². The topological polar surface area (TPSA) is 146 Å². The molecule has 2 aliphatic carbocycles. The lowest BCUT2D eigenvalue weighted by Crippen LogP contribution is -2.37. The summed E-state index contributed by atoms with van der Waals surface area (Å²) in [7, 11) is 0. The van der Waals surface area contributed by atoms with Crippen LogP contribution in [-0.2, 0) is 29.1 Å². The number of rotatable bonds is 16. The molecule has 2 aromatic carbocycles. The van der Waals surface area contributed by atoms with Crippen molar-refractivity contribution < 1.29 is 18.4 Å². The first-order valence-corrected chi connectivity index (χ1v) is 21.9. The molecular weight excluding hydrogens is 769 g/mol. The van der Waals surface area contributed by atoms with E-state index in [4.69, 9.17) is 8.83 Å². The Morgan fingerprint density at radius 2 is 1.22 bits per heavy atom. The molecule has 2 fully saturated rings. The van der Waals surface area contributed by atoms with Gasteiger partial charge in [0.1, 0.15) is 15.3 Å². The van der Waals surface area contributed by atoms with Crippen LogP contribution in [0.1, 0.15) is 102 Å². The zero-order chi connectivity index (χ0) is 40.4. The molecule has 0 spiro atoms. The van der Waals surface area contributed by atoms with Crippen molar-refractivity contribution in [1.29, 1.82) is 0 Å². The highest BCUT2D eigenvalue weighted by Crippen LogP contribution is 2.52. The van der Waals surface area contributed by atoms with Crippen LogP contribution in [0.4, 0.5) is 11.4 Å². The fourth-order valence-corrected chi connectivity index (χ4v) is 10.2. The van der Waals surface area contributed by atoms with Gasteiger partial charge in [0.05, 0.1) is 6.26 Å². The number of benzene rings is 2. The number of furan rings is 2. The lowest BCUT2D eigenvalue weighted by Gasteiger charge is -2.26. The normalized spacial score (nSPS) is 16.1. The molecule has 14 heteroatoms. The lowest BCUT2D eigenvalue weighted by atomic mass is 9.96. The molecule has 2 aliphatic rings. The summed E-state index contributed by atoms with van der Waals surface area (Å²) in [5, 5.41) is 25.7. The van der Waals surface area contributed by atoms with Crippen molar-refractivity contribution in [1.82, 2.24) is 29.5 Å². The zero-order valence-corrected chi connectivity index (χ0v) is 35.3. The average Bonchev–Trinajstić information content (AvgIpc) is 3.88. The average molecular weight is 819 g/mol. The van der Waals surface area contributed by atoms with Crippen molar-refractivity contribution in [2.45, 2.75) is 124 Å². The molecule has 302 valence electrons. The molecule has 4 aromatic heterocycles. The molecule has 2 N–H and O–H groups in total. The van der Waals surface area contributed by atoms with Gasteiger partial charge in [-0.1, -0.05) is 81.4 Å². The number of aromatic nitrogens is 6. The summed E-state index contributed by atoms with van der Waals surface area (Å²) in [5.41, 5.74) is 3.95. The fourth-order valence-electron chi connectivity index (χ4n) is 7.59. The third kappa shape index (κ3) is 8.13. The molecule has 12 nitrogen and oxygen atoms in total. The Hall–Kier alpha value is -5.08. The van der Waals surface area contributed by atoms with E-state index in [1.165, 1.54) is 29.1 Å². The number of nitrogens with one attached hydrogen (secondary N) is 2. The van der Waals surface area contributed by atoms with Crippen LogP contribution in [0, 0.1) is 0 Å². The zero-order valence-electron chi connectivity index (χ0n) is 33.7. The van der Waals surface area contributed by atoms with E-state index in [1.807, 2.05) is 64.6 Å². The van der Waals surface area contributed by atoms with Gasteiger partial charge in [0.15, 0.2) is 33.5 Å². The Labute approximate surface area is 347 Å². The van der Waals surface area contributed by atoms with Crippen LogP contribution >= 0.6 is 23.5 Å². The van der Waals surface area contributed by atoms with Crippen LogP contribution in [0.15, 0.2) is 98.2 Å². The maximum Gasteiger partial charge on any atom is 0.241 e. The van der Waals surface area contributed by atoms with Crippen molar-refractivity contribution in [3.63, 3.8) is 0 Å². The third-order valence-electron chi connectivity index (χ3n) is 11.3. The Bertz CT molecular complexity index is 2350. The van der Waals surface area contributed by atoms with Gasteiger partial charge in [-0.05, 0) is 111 Å².